The van der Waals surface area contributed by atoms with Gasteiger partial charge in [-0.3, -0.25) is 0 Å². The summed E-state index contributed by atoms with van der Waals surface area (Å²) in [5.74, 6) is 0.624. The van der Waals surface area contributed by atoms with Crippen molar-refractivity contribution in [2.24, 2.45) is 5.92 Å². The maximum Gasteiger partial charge on any atom is 0.410 e. The van der Waals surface area contributed by atoms with E-state index in [9.17, 15) is 4.79 Å². The molecule has 0 aliphatic carbocycles. The first-order valence-corrected chi connectivity index (χ1v) is 10.1. The van der Waals surface area contributed by atoms with Gasteiger partial charge in [0.25, 0.3) is 0 Å². The number of rotatable bonds is 11. The molecular weight excluding hydrogens is 300 g/mol. The molecule has 1 amide bonds. The predicted octanol–water partition coefficient (Wildman–Crippen LogP) is 4.97. The van der Waals surface area contributed by atoms with Gasteiger partial charge in [0.1, 0.15) is 5.60 Å². The maximum atomic E-state index is 12.0. The first kappa shape index (κ1) is 21.3. The number of hydrogen-bond donors (Lipinski definition) is 1. The third-order valence-corrected chi connectivity index (χ3v) is 4.62. The van der Waals surface area contributed by atoms with Crippen LogP contribution in [0.1, 0.15) is 85.5 Å². The van der Waals surface area contributed by atoms with Crippen molar-refractivity contribution in [3.05, 3.63) is 0 Å². The molecule has 0 bridgehead atoms. The molecule has 0 aromatic heterocycles. The lowest BCUT2D eigenvalue weighted by atomic mass is 10.1. The highest BCUT2D eigenvalue weighted by atomic mass is 16.6. The minimum Gasteiger partial charge on any atom is -0.444 e. The number of likely N-dealkylation sites (tertiary alicyclic amines) is 1. The second-order valence-corrected chi connectivity index (χ2v) is 8.24. The van der Waals surface area contributed by atoms with Crippen molar-refractivity contribution in [3.63, 3.8) is 0 Å². The van der Waals surface area contributed by atoms with Crippen LogP contribution in [0.4, 0.5) is 4.79 Å². The van der Waals surface area contributed by atoms with Crippen LogP contribution in [0.25, 0.3) is 0 Å². The van der Waals surface area contributed by atoms with Gasteiger partial charge in [0, 0.05) is 13.1 Å². The Bertz CT molecular complexity index is 339. The van der Waals surface area contributed by atoms with E-state index < -0.39 is 5.60 Å². The fourth-order valence-corrected chi connectivity index (χ4v) is 3.20. The molecule has 1 aliphatic rings. The number of amides is 1. The number of carbonyl (C=O) groups is 1. The lowest BCUT2D eigenvalue weighted by molar-refractivity contribution is 0.0287. The van der Waals surface area contributed by atoms with E-state index in [2.05, 4.69) is 12.2 Å². The van der Waals surface area contributed by atoms with Crippen LogP contribution in [0.3, 0.4) is 0 Å². The fraction of sp³-hybridized carbons (Fsp3) is 0.950. The first-order valence-electron chi connectivity index (χ1n) is 10.1. The Kier molecular flexibility index (Phi) is 10.4. The number of unbranched alkanes of at least 4 members (excludes halogenated alkanes) is 6. The van der Waals surface area contributed by atoms with Crippen molar-refractivity contribution in [2.75, 3.05) is 26.2 Å². The van der Waals surface area contributed by atoms with Crippen LogP contribution in [-0.4, -0.2) is 42.8 Å². The lowest BCUT2D eigenvalue weighted by Crippen LogP contribution is -2.35. The van der Waals surface area contributed by atoms with Crippen LogP contribution in [0, 0.1) is 5.92 Å². The number of carbonyl (C=O) groups excluding carboxylic acids is 1. The van der Waals surface area contributed by atoms with Crippen molar-refractivity contribution in [1.82, 2.24) is 10.2 Å². The monoisotopic (exact) mass is 340 g/mol. The molecule has 4 nitrogen and oxygen atoms in total. The largest absolute Gasteiger partial charge is 0.444 e. The lowest BCUT2D eigenvalue weighted by Gasteiger charge is -2.24. The van der Waals surface area contributed by atoms with Crippen molar-refractivity contribution in [3.8, 4) is 0 Å². The van der Waals surface area contributed by atoms with Gasteiger partial charge in [-0.15, -0.1) is 0 Å². The van der Waals surface area contributed by atoms with Crippen LogP contribution in [0.5, 0.6) is 0 Å². The van der Waals surface area contributed by atoms with Gasteiger partial charge < -0.3 is 15.0 Å². The minimum atomic E-state index is -0.396. The molecule has 1 aliphatic heterocycles. The van der Waals surface area contributed by atoms with Gasteiger partial charge in [-0.2, -0.15) is 0 Å². The van der Waals surface area contributed by atoms with Gasteiger partial charge in [-0.05, 0) is 59.0 Å². The van der Waals surface area contributed by atoms with E-state index in [0.29, 0.717) is 5.92 Å². The van der Waals surface area contributed by atoms with Crippen LogP contribution >= 0.6 is 0 Å². The second-order valence-electron chi connectivity index (χ2n) is 8.24. The molecule has 0 aromatic rings. The highest BCUT2D eigenvalue weighted by Gasteiger charge is 2.29. The third-order valence-electron chi connectivity index (χ3n) is 4.62. The topological polar surface area (TPSA) is 41.6 Å². The van der Waals surface area contributed by atoms with Crippen molar-refractivity contribution >= 4 is 6.09 Å². The molecule has 1 N–H and O–H groups in total. The number of ether oxygens (including phenoxy) is 1. The molecule has 0 spiro atoms. The summed E-state index contributed by atoms with van der Waals surface area (Å²) in [6, 6.07) is 0. The summed E-state index contributed by atoms with van der Waals surface area (Å²) < 4.78 is 5.45. The van der Waals surface area contributed by atoms with Crippen LogP contribution in [-0.2, 0) is 4.74 Å². The summed E-state index contributed by atoms with van der Waals surface area (Å²) in [7, 11) is 0. The van der Waals surface area contributed by atoms with E-state index in [1.165, 1.54) is 44.9 Å². The van der Waals surface area contributed by atoms with E-state index in [-0.39, 0.29) is 6.09 Å². The molecule has 4 heteroatoms. The molecule has 1 atom stereocenters. The summed E-state index contributed by atoms with van der Waals surface area (Å²) in [5, 5.41) is 3.56. The van der Waals surface area contributed by atoms with Crippen molar-refractivity contribution in [2.45, 2.75) is 91.1 Å². The Morgan fingerprint density at radius 3 is 2.42 bits per heavy atom. The van der Waals surface area contributed by atoms with E-state index in [1.807, 2.05) is 25.7 Å². The first-order chi connectivity index (χ1) is 11.4. The van der Waals surface area contributed by atoms with Crippen LogP contribution in [0.2, 0.25) is 0 Å². The number of nitrogens with one attached hydrogen (secondary N) is 1. The van der Waals surface area contributed by atoms with Gasteiger partial charge in [0.2, 0.25) is 0 Å². The summed E-state index contributed by atoms with van der Waals surface area (Å²) in [6.45, 7) is 11.9. The Morgan fingerprint density at radius 1 is 1.08 bits per heavy atom. The molecule has 0 radical (unpaired) electrons. The Hall–Kier alpha value is -0.770. The minimum absolute atomic E-state index is 0.152. The average molecular weight is 341 g/mol. The Morgan fingerprint density at radius 2 is 1.75 bits per heavy atom. The molecule has 1 saturated heterocycles. The van der Waals surface area contributed by atoms with Crippen molar-refractivity contribution < 1.29 is 9.53 Å². The molecule has 1 fully saturated rings. The van der Waals surface area contributed by atoms with Crippen molar-refractivity contribution in [1.29, 1.82) is 0 Å². The SMILES string of the molecule is CCCCCCCCCNCCC1CCN(C(=O)OC(C)(C)C)C1. The molecule has 1 rings (SSSR count). The molecule has 0 aromatic carbocycles. The van der Waals surface area contributed by atoms with Crippen LogP contribution in [0.15, 0.2) is 0 Å². The zero-order chi connectivity index (χ0) is 17.8. The summed E-state index contributed by atoms with van der Waals surface area (Å²) in [5.41, 5.74) is -0.396. The van der Waals surface area contributed by atoms with Gasteiger partial charge in [0.15, 0.2) is 0 Å². The molecule has 0 saturated carbocycles. The highest BCUT2D eigenvalue weighted by Crippen LogP contribution is 2.21. The van der Waals surface area contributed by atoms with Gasteiger partial charge in [-0.1, -0.05) is 45.4 Å². The summed E-state index contributed by atoms with van der Waals surface area (Å²) >= 11 is 0. The summed E-state index contributed by atoms with van der Waals surface area (Å²) in [6.07, 6.45) is 11.7. The number of nitrogens with zero attached hydrogens (tertiary/aromatic N) is 1. The highest BCUT2D eigenvalue weighted by molar-refractivity contribution is 5.68. The van der Waals surface area contributed by atoms with E-state index in [4.69, 9.17) is 4.74 Å². The zero-order valence-electron chi connectivity index (χ0n) is 16.5. The summed E-state index contributed by atoms with van der Waals surface area (Å²) in [4.78, 5) is 13.9. The van der Waals surface area contributed by atoms with Gasteiger partial charge in [-0.25, -0.2) is 4.79 Å². The normalized spacial score (nSPS) is 18.2. The van der Waals surface area contributed by atoms with Gasteiger partial charge in [0.05, 0.1) is 0 Å². The van der Waals surface area contributed by atoms with E-state index in [0.717, 1.165) is 39.0 Å². The smallest absolute Gasteiger partial charge is 0.410 e. The fourth-order valence-electron chi connectivity index (χ4n) is 3.20. The predicted molar refractivity (Wildman–Crippen MR) is 101 cm³/mol. The second kappa shape index (κ2) is 11.7. The molecule has 1 unspecified atom stereocenters. The maximum absolute atomic E-state index is 12.0. The van der Waals surface area contributed by atoms with Crippen LogP contribution < -0.4 is 5.32 Å². The van der Waals surface area contributed by atoms with E-state index in [1.54, 1.807) is 0 Å². The third kappa shape index (κ3) is 10.2. The zero-order valence-corrected chi connectivity index (χ0v) is 16.5. The molecule has 1 heterocycles. The van der Waals surface area contributed by atoms with E-state index >= 15 is 0 Å². The van der Waals surface area contributed by atoms with Gasteiger partial charge >= 0.3 is 6.09 Å². The Balaban J connectivity index is 1.96. The number of hydrogen-bond acceptors (Lipinski definition) is 3. The molecular formula is C20H40N2O2. The molecule has 142 valence electrons. The average Bonchev–Trinajstić information content (AvgIpc) is 2.96. The quantitative estimate of drug-likeness (QED) is 0.540. The standard InChI is InChI=1S/C20H40N2O2/c1-5-6-7-8-9-10-11-14-21-15-12-18-13-16-22(17-18)19(23)24-20(2,3)4/h18,21H,5-17H2,1-4H3. The molecule has 24 heavy (non-hydrogen) atoms. The Labute approximate surface area is 149 Å².